The van der Waals surface area contributed by atoms with Gasteiger partial charge in [0.1, 0.15) is 0 Å². The van der Waals surface area contributed by atoms with E-state index >= 15 is 0 Å². The summed E-state index contributed by atoms with van der Waals surface area (Å²) >= 11 is 1.73. The smallest absolute Gasteiger partial charge is 0.234 e. The molecule has 2 rings (SSSR count). The first-order valence-corrected chi connectivity index (χ1v) is 8.12. The second kappa shape index (κ2) is 7.96. The number of aryl methyl sites for hydroxylation is 1. The van der Waals surface area contributed by atoms with Gasteiger partial charge >= 0.3 is 0 Å². The number of benzene rings is 1. The lowest BCUT2D eigenvalue weighted by molar-refractivity contribution is -0.122. The van der Waals surface area contributed by atoms with E-state index in [-0.39, 0.29) is 5.91 Å². The van der Waals surface area contributed by atoms with E-state index < -0.39 is 0 Å². The van der Waals surface area contributed by atoms with Crippen molar-refractivity contribution in [2.45, 2.75) is 26.9 Å². The minimum atomic E-state index is 0.0778. The molecule has 21 heavy (non-hydrogen) atoms. The van der Waals surface area contributed by atoms with Crippen LogP contribution in [0.15, 0.2) is 41.8 Å². The van der Waals surface area contributed by atoms with Gasteiger partial charge in [-0.15, -0.1) is 11.3 Å². The molecule has 0 aliphatic carbocycles. The molecule has 0 bridgehead atoms. The molecule has 0 saturated heterocycles. The highest BCUT2D eigenvalue weighted by molar-refractivity contribution is 7.09. The van der Waals surface area contributed by atoms with Gasteiger partial charge in [-0.2, -0.15) is 0 Å². The second-order valence-electron chi connectivity index (χ2n) is 5.14. The van der Waals surface area contributed by atoms with Crippen molar-refractivity contribution in [1.82, 2.24) is 10.2 Å². The fourth-order valence-corrected chi connectivity index (χ4v) is 2.81. The molecule has 0 radical (unpaired) electrons. The van der Waals surface area contributed by atoms with Gasteiger partial charge in [0.05, 0.1) is 6.54 Å². The molecule has 3 nitrogen and oxygen atoms in total. The molecule has 1 amide bonds. The van der Waals surface area contributed by atoms with Crippen LogP contribution in [0, 0.1) is 6.92 Å². The monoisotopic (exact) mass is 302 g/mol. The van der Waals surface area contributed by atoms with Crippen molar-refractivity contribution < 1.29 is 4.79 Å². The third kappa shape index (κ3) is 5.33. The zero-order valence-electron chi connectivity index (χ0n) is 12.6. The number of nitrogens with one attached hydrogen (secondary N) is 1. The van der Waals surface area contributed by atoms with Gasteiger partial charge < -0.3 is 5.32 Å². The Morgan fingerprint density at radius 2 is 2.00 bits per heavy atom. The fraction of sp³-hybridized carbons (Fsp3) is 0.353. The van der Waals surface area contributed by atoms with Crippen LogP contribution in [0.1, 0.15) is 22.9 Å². The molecule has 2 aromatic rings. The van der Waals surface area contributed by atoms with Gasteiger partial charge in [-0.05, 0) is 30.5 Å². The average Bonchev–Trinajstić information content (AvgIpc) is 2.99. The van der Waals surface area contributed by atoms with Crippen LogP contribution >= 0.6 is 11.3 Å². The number of hydrogen-bond donors (Lipinski definition) is 1. The minimum absolute atomic E-state index is 0.0778. The van der Waals surface area contributed by atoms with E-state index in [9.17, 15) is 4.79 Å². The summed E-state index contributed by atoms with van der Waals surface area (Å²) in [5.74, 6) is 0.0778. The number of amides is 1. The molecule has 0 atom stereocenters. The Kier molecular flexibility index (Phi) is 5.96. The number of carbonyl (C=O) groups is 1. The fourth-order valence-electron chi connectivity index (χ4n) is 2.07. The van der Waals surface area contributed by atoms with Crippen LogP contribution in [0.5, 0.6) is 0 Å². The van der Waals surface area contributed by atoms with Gasteiger partial charge in [0.15, 0.2) is 0 Å². The summed E-state index contributed by atoms with van der Waals surface area (Å²) in [6.45, 7) is 6.89. The van der Waals surface area contributed by atoms with E-state index in [4.69, 9.17) is 0 Å². The summed E-state index contributed by atoms with van der Waals surface area (Å²) in [5.41, 5.74) is 2.37. The molecule has 0 spiro atoms. The molecule has 0 aliphatic rings. The Morgan fingerprint density at radius 3 is 2.62 bits per heavy atom. The molecule has 0 unspecified atom stereocenters. The Morgan fingerprint density at radius 1 is 1.24 bits per heavy atom. The van der Waals surface area contributed by atoms with E-state index in [1.54, 1.807) is 11.3 Å². The summed E-state index contributed by atoms with van der Waals surface area (Å²) in [5, 5.41) is 5.06. The molecule has 112 valence electrons. The summed E-state index contributed by atoms with van der Waals surface area (Å²) in [6.07, 6.45) is 0. The Hall–Kier alpha value is -1.65. The van der Waals surface area contributed by atoms with Crippen LogP contribution in [0.2, 0.25) is 0 Å². The number of rotatable bonds is 7. The Bertz CT molecular complexity index is 549. The highest BCUT2D eigenvalue weighted by atomic mass is 32.1. The lowest BCUT2D eigenvalue weighted by Gasteiger charge is -2.19. The van der Waals surface area contributed by atoms with Gasteiger partial charge in [-0.3, -0.25) is 9.69 Å². The van der Waals surface area contributed by atoms with Gasteiger partial charge in [-0.25, -0.2) is 0 Å². The van der Waals surface area contributed by atoms with Gasteiger partial charge in [0.2, 0.25) is 5.91 Å². The standard InChI is InChI=1S/C17H22N2OS/c1-3-19(12-16-5-4-10-21-16)13-17(20)18-11-15-8-6-14(2)7-9-15/h4-10H,3,11-13H2,1-2H3,(H,18,20). The zero-order chi connectivity index (χ0) is 15.1. The van der Waals surface area contributed by atoms with E-state index in [0.717, 1.165) is 18.7 Å². The highest BCUT2D eigenvalue weighted by Gasteiger charge is 2.10. The number of hydrogen-bond acceptors (Lipinski definition) is 3. The minimum Gasteiger partial charge on any atom is -0.351 e. The Balaban J connectivity index is 1.78. The topological polar surface area (TPSA) is 32.3 Å². The summed E-state index contributed by atoms with van der Waals surface area (Å²) < 4.78 is 0. The lowest BCUT2D eigenvalue weighted by Crippen LogP contribution is -2.36. The van der Waals surface area contributed by atoms with Crippen LogP contribution < -0.4 is 5.32 Å². The van der Waals surface area contributed by atoms with Gasteiger partial charge in [0.25, 0.3) is 0 Å². The molecule has 0 aliphatic heterocycles. The number of carbonyl (C=O) groups excluding carboxylic acids is 1. The Labute approximate surface area is 130 Å². The van der Waals surface area contributed by atoms with Crippen LogP contribution in [0.25, 0.3) is 0 Å². The van der Waals surface area contributed by atoms with Crippen molar-refractivity contribution >= 4 is 17.2 Å². The molecular weight excluding hydrogens is 280 g/mol. The number of thiophene rings is 1. The maximum atomic E-state index is 12.0. The van der Waals surface area contributed by atoms with Gasteiger partial charge in [0, 0.05) is 18.0 Å². The molecule has 1 aromatic carbocycles. The molecular formula is C17H22N2OS. The van der Waals surface area contributed by atoms with Crippen LogP contribution in [0.3, 0.4) is 0 Å². The maximum absolute atomic E-state index is 12.0. The number of nitrogens with zero attached hydrogens (tertiary/aromatic N) is 1. The second-order valence-corrected chi connectivity index (χ2v) is 6.18. The molecule has 1 heterocycles. The predicted octanol–water partition coefficient (Wildman–Crippen LogP) is 3.19. The van der Waals surface area contributed by atoms with Crippen molar-refractivity contribution in [3.63, 3.8) is 0 Å². The predicted molar refractivity (Wildman–Crippen MR) is 88.3 cm³/mol. The molecule has 0 fully saturated rings. The van der Waals surface area contributed by atoms with E-state index in [0.29, 0.717) is 13.1 Å². The summed E-state index contributed by atoms with van der Waals surface area (Å²) in [4.78, 5) is 15.5. The molecule has 1 aromatic heterocycles. The maximum Gasteiger partial charge on any atom is 0.234 e. The quantitative estimate of drug-likeness (QED) is 0.852. The van der Waals surface area contributed by atoms with Crippen molar-refractivity contribution in [3.05, 3.63) is 57.8 Å². The number of likely N-dealkylation sites (N-methyl/N-ethyl adjacent to an activating group) is 1. The summed E-state index contributed by atoms with van der Waals surface area (Å²) in [7, 11) is 0. The largest absolute Gasteiger partial charge is 0.351 e. The van der Waals surface area contributed by atoms with Crippen molar-refractivity contribution in [2.24, 2.45) is 0 Å². The first-order chi connectivity index (χ1) is 10.2. The SMILES string of the molecule is CCN(CC(=O)NCc1ccc(C)cc1)Cc1cccs1. The molecule has 0 saturated carbocycles. The average molecular weight is 302 g/mol. The van der Waals surface area contributed by atoms with E-state index in [1.165, 1.54) is 10.4 Å². The van der Waals surface area contributed by atoms with Crippen molar-refractivity contribution in [3.8, 4) is 0 Å². The third-order valence-electron chi connectivity index (χ3n) is 3.38. The van der Waals surface area contributed by atoms with Crippen molar-refractivity contribution in [2.75, 3.05) is 13.1 Å². The van der Waals surface area contributed by atoms with Crippen LogP contribution in [-0.2, 0) is 17.9 Å². The first kappa shape index (κ1) is 15.7. The normalized spacial score (nSPS) is 10.8. The molecule has 4 heteroatoms. The van der Waals surface area contributed by atoms with E-state index in [2.05, 4.69) is 59.8 Å². The third-order valence-corrected chi connectivity index (χ3v) is 4.25. The van der Waals surface area contributed by atoms with Gasteiger partial charge in [-0.1, -0.05) is 42.8 Å². The zero-order valence-corrected chi connectivity index (χ0v) is 13.5. The lowest BCUT2D eigenvalue weighted by atomic mass is 10.1. The highest BCUT2D eigenvalue weighted by Crippen LogP contribution is 2.11. The van der Waals surface area contributed by atoms with Crippen LogP contribution in [-0.4, -0.2) is 23.9 Å². The molecule has 1 N–H and O–H groups in total. The van der Waals surface area contributed by atoms with E-state index in [1.807, 2.05) is 6.07 Å². The first-order valence-electron chi connectivity index (χ1n) is 7.24. The van der Waals surface area contributed by atoms with Crippen molar-refractivity contribution in [1.29, 1.82) is 0 Å². The van der Waals surface area contributed by atoms with Crippen LogP contribution in [0.4, 0.5) is 0 Å². The summed E-state index contributed by atoms with van der Waals surface area (Å²) in [6, 6.07) is 12.4.